The highest BCUT2D eigenvalue weighted by molar-refractivity contribution is 7.92. The van der Waals surface area contributed by atoms with Crippen LogP contribution in [-0.2, 0) is 9.84 Å². The Balaban J connectivity index is 2.00. The number of hydrogen-bond donors (Lipinski definition) is 0. The van der Waals surface area contributed by atoms with Crippen LogP contribution in [0, 0.1) is 12.8 Å². The molecule has 0 fully saturated rings. The smallest absolute Gasteiger partial charge is 0.184 e. The van der Waals surface area contributed by atoms with Gasteiger partial charge >= 0.3 is 0 Å². The number of sulfone groups is 1. The SMILES string of the molecule is CCC(CC)C1=CN(C)C2N=C(c3sc(S(C)(=O)=O)cc3C)C(C)=NC12. The Bertz CT molecular complexity index is 905. The minimum Gasteiger partial charge on any atom is -0.357 e. The van der Waals surface area contributed by atoms with Crippen molar-refractivity contribution in [3.05, 3.63) is 28.3 Å². The third-order valence-corrected chi connectivity index (χ3v) is 8.31. The largest absolute Gasteiger partial charge is 0.357 e. The number of rotatable bonds is 5. The zero-order valence-corrected chi connectivity index (χ0v) is 17.9. The molecule has 0 aromatic carbocycles. The maximum atomic E-state index is 11.9. The van der Waals surface area contributed by atoms with Crippen LogP contribution < -0.4 is 0 Å². The van der Waals surface area contributed by atoms with Crippen LogP contribution in [0.15, 0.2) is 32.0 Å². The second-order valence-corrected chi connectivity index (χ2v) is 10.5. The van der Waals surface area contributed by atoms with Crippen molar-refractivity contribution in [3.8, 4) is 0 Å². The van der Waals surface area contributed by atoms with Gasteiger partial charge in [0.1, 0.15) is 16.4 Å². The zero-order valence-electron chi connectivity index (χ0n) is 16.3. The number of aryl methyl sites for hydroxylation is 1. The van der Waals surface area contributed by atoms with Crippen LogP contribution >= 0.6 is 11.3 Å². The van der Waals surface area contributed by atoms with Gasteiger partial charge in [-0.2, -0.15) is 0 Å². The van der Waals surface area contributed by atoms with Crippen LogP contribution in [0.3, 0.4) is 0 Å². The van der Waals surface area contributed by atoms with Crippen LogP contribution in [-0.4, -0.2) is 50.3 Å². The second kappa shape index (κ2) is 6.93. The summed E-state index contributed by atoms with van der Waals surface area (Å²) >= 11 is 1.29. The molecule has 2 aliphatic rings. The molecule has 2 unspecified atom stereocenters. The van der Waals surface area contributed by atoms with Crippen LogP contribution in [0.25, 0.3) is 0 Å². The van der Waals surface area contributed by atoms with Crippen molar-refractivity contribution in [1.29, 1.82) is 0 Å². The first-order valence-electron chi connectivity index (χ1n) is 9.04. The van der Waals surface area contributed by atoms with E-state index < -0.39 is 9.84 Å². The average Bonchev–Trinajstić information content (AvgIpc) is 3.09. The average molecular weight is 394 g/mol. The minimum atomic E-state index is -3.21. The molecule has 0 amide bonds. The summed E-state index contributed by atoms with van der Waals surface area (Å²) in [5.74, 6) is 0.529. The molecule has 2 aliphatic heterocycles. The lowest BCUT2D eigenvalue weighted by Crippen LogP contribution is -2.38. The summed E-state index contributed by atoms with van der Waals surface area (Å²) < 4.78 is 24.2. The minimum absolute atomic E-state index is 0.0347. The Morgan fingerprint density at radius 1 is 1.23 bits per heavy atom. The Hall–Kier alpha value is -1.47. The summed E-state index contributed by atoms with van der Waals surface area (Å²) in [6.07, 6.45) is 5.63. The molecule has 3 rings (SSSR count). The Morgan fingerprint density at radius 3 is 2.42 bits per heavy atom. The molecule has 0 aliphatic carbocycles. The van der Waals surface area contributed by atoms with Gasteiger partial charge in [-0.05, 0) is 49.8 Å². The van der Waals surface area contributed by atoms with Gasteiger partial charge in [-0.15, -0.1) is 11.3 Å². The molecule has 0 saturated carbocycles. The fraction of sp³-hybridized carbons (Fsp3) is 0.579. The van der Waals surface area contributed by atoms with Crippen molar-refractivity contribution >= 4 is 32.6 Å². The normalized spacial score (nSPS) is 23.0. The molecule has 0 spiro atoms. The molecule has 3 heterocycles. The first-order valence-corrected chi connectivity index (χ1v) is 11.7. The maximum Gasteiger partial charge on any atom is 0.184 e. The number of aliphatic imine (C=N–C) groups is 2. The van der Waals surface area contributed by atoms with Gasteiger partial charge in [0.25, 0.3) is 0 Å². The van der Waals surface area contributed by atoms with Crippen molar-refractivity contribution in [2.45, 2.75) is 57.0 Å². The first kappa shape index (κ1) is 19.3. The molecular formula is C19H27N3O2S2. The highest BCUT2D eigenvalue weighted by Gasteiger charge is 2.39. The van der Waals surface area contributed by atoms with Gasteiger partial charge in [0, 0.05) is 19.5 Å². The molecule has 26 heavy (non-hydrogen) atoms. The van der Waals surface area contributed by atoms with E-state index in [0.29, 0.717) is 10.1 Å². The van der Waals surface area contributed by atoms with Crippen molar-refractivity contribution in [1.82, 2.24) is 4.90 Å². The van der Waals surface area contributed by atoms with Crippen LogP contribution in [0.2, 0.25) is 0 Å². The standard InChI is InChI=1S/C19H27N3O2S2/c1-7-13(8-2)14-10-22(5)19-17(14)20-12(4)16(21-19)18-11(3)9-15(25-18)26(6,23)24/h9-10,13,17,19H,7-8H2,1-6H3. The topological polar surface area (TPSA) is 62.1 Å². The van der Waals surface area contributed by atoms with Gasteiger partial charge in [-0.3, -0.25) is 9.98 Å². The first-order chi connectivity index (χ1) is 12.2. The van der Waals surface area contributed by atoms with E-state index >= 15 is 0 Å². The molecular weight excluding hydrogens is 366 g/mol. The summed E-state index contributed by atoms with van der Waals surface area (Å²) in [5, 5.41) is 0. The second-order valence-electron chi connectivity index (χ2n) is 7.21. The molecule has 0 bridgehead atoms. The summed E-state index contributed by atoms with van der Waals surface area (Å²) in [6, 6.07) is 1.81. The number of likely N-dealkylation sites (N-methyl/N-ethyl adjacent to an activating group) is 1. The van der Waals surface area contributed by atoms with E-state index in [0.717, 1.165) is 34.7 Å². The lowest BCUT2D eigenvalue weighted by molar-refractivity contribution is 0.340. The van der Waals surface area contributed by atoms with Gasteiger partial charge in [-0.1, -0.05) is 13.8 Å². The van der Waals surface area contributed by atoms with Crippen LogP contribution in [0.1, 0.15) is 44.1 Å². The van der Waals surface area contributed by atoms with Gasteiger partial charge in [-0.25, -0.2) is 8.42 Å². The summed E-state index contributed by atoms with van der Waals surface area (Å²) in [6.45, 7) is 8.36. The Kier molecular flexibility index (Phi) is 5.14. The molecule has 142 valence electrons. The number of hydrogen-bond acceptors (Lipinski definition) is 6. The molecule has 1 aromatic heterocycles. The Labute approximate surface area is 160 Å². The maximum absolute atomic E-state index is 11.9. The van der Waals surface area contributed by atoms with E-state index in [4.69, 9.17) is 9.98 Å². The molecule has 0 radical (unpaired) electrons. The molecule has 0 N–H and O–H groups in total. The van der Waals surface area contributed by atoms with Crippen molar-refractivity contribution in [2.24, 2.45) is 15.9 Å². The molecule has 1 aromatic rings. The van der Waals surface area contributed by atoms with Gasteiger partial charge in [0.2, 0.25) is 0 Å². The van der Waals surface area contributed by atoms with Gasteiger partial charge < -0.3 is 4.90 Å². The lowest BCUT2D eigenvalue weighted by Gasteiger charge is -2.28. The van der Waals surface area contributed by atoms with E-state index in [9.17, 15) is 8.42 Å². The van der Waals surface area contributed by atoms with E-state index in [1.807, 2.05) is 20.9 Å². The fourth-order valence-corrected chi connectivity index (χ4v) is 5.98. The highest BCUT2D eigenvalue weighted by Crippen LogP contribution is 2.37. The summed E-state index contributed by atoms with van der Waals surface area (Å²) in [4.78, 5) is 13.1. The number of thiophene rings is 1. The quantitative estimate of drug-likeness (QED) is 0.766. The molecule has 5 nitrogen and oxygen atoms in total. The van der Waals surface area contributed by atoms with Crippen molar-refractivity contribution in [2.75, 3.05) is 13.3 Å². The Morgan fingerprint density at radius 2 is 1.88 bits per heavy atom. The van der Waals surface area contributed by atoms with Crippen molar-refractivity contribution < 1.29 is 8.42 Å². The van der Waals surface area contributed by atoms with E-state index in [1.165, 1.54) is 23.2 Å². The number of fused-ring (bicyclic) bond motifs is 1. The van der Waals surface area contributed by atoms with E-state index in [2.05, 4.69) is 24.9 Å². The van der Waals surface area contributed by atoms with Crippen LogP contribution in [0.4, 0.5) is 0 Å². The summed E-state index contributed by atoms with van der Waals surface area (Å²) in [7, 11) is -1.16. The van der Waals surface area contributed by atoms with Gasteiger partial charge in [0.05, 0.1) is 16.3 Å². The van der Waals surface area contributed by atoms with E-state index in [1.54, 1.807) is 6.07 Å². The third-order valence-electron chi connectivity index (χ3n) is 5.26. The summed E-state index contributed by atoms with van der Waals surface area (Å²) in [5.41, 5.74) is 4.03. The predicted molar refractivity (Wildman–Crippen MR) is 109 cm³/mol. The molecule has 2 atom stereocenters. The predicted octanol–water partition coefficient (Wildman–Crippen LogP) is 3.68. The van der Waals surface area contributed by atoms with Gasteiger partial charge in [0.15, 0.2) is 9.84 Å². The van der Waals surface area contributed by atoms with E-state index in [-0.39, 0.29) is 12.2 Å². The zero-order chi connectivity index (χ0) is 19.2. The lowest BCUT2D eigenvalue weighted by atomic mass is 9.89. The fourth-order valence-electron chi connectivity index (χ4n) is 3.78. The van der Waals surface area contributed by atoms with Crippen molar-refractivity contribution in [3.63, 3.8) is 0 Å². The number of nitrogens with zero attached hydrogens (tertiary/aromatic N) is 3. The van der Waals surface area contributed by atoms with Crippen LogP contribution in [0.5, 0.6) is 0 Å². The monoisotopic (exact) mass is 393 g/mol. The highest BCUT2D eigenvalue weighted by atomic mass is 32.2. The molecule has 0 saturated heterocycles. The molecule has 7 heteroatoms. The third kappa shape index (κ3) is 3.27.